The number of carboxylic acids is 1. The summed E-state index contributed by atoms with van der Waals surface area (Å²) in [5, 5.41) is 14.1. The van der Waals surface area contributed by atoms with E-state index < -0.39 is 5.97 Å². The molecule has 2 heterocycles. The van der Waals surface area contributed by atoms with Gasteiger partial charge in [0.1, 0.15) is 5.69 Å². The van der Waals surface area contributed by atoms with Crippen molar-refractivity contribution in [3.63, 3.8) is 0 Å². The average molecular weight is 431 g/mol. The Bertz CT molecular complexity index is 1240. The molecule has 0 atom stereocenters. The lowest BCUT2D eigenvalue weighted by molar-refractivity contribution is 0.0696. The molecule has 1 N–H and O–H groups in total. The number of thiophene rings is 1. The Morgan fingerprint density at radius 1 is 1.11 bits per heavy atom. The highest BCUT2D eigenvalue weighted by Gasteiger charge is 2.22. The minimum absolute atomic E-state index is 0.178. The average Bonchev–Trinajstić information content (AvgIpc) is 3.21. The lowest BCUT2D eigenvalue weighted by atomic mass is 10.1. The van der Waals surface area contributed by atoms with Gasteiger partial charge in [-0.15, -0.1) is 11.3 Å². The van der Waals surface area contributed by atoms with Crippen molar-refractivity contribution in [3.05, 3.63) is 74.6 Å². The van der Waals surface area contributed by atoms with Crippen molar-refractivity contribution in [2.24, 2.45) is 0 Å². The second-order valence-corrected chi connectivity index (χ2v) is 8.16. The molecule has 0 bridgehead atoms. The van der Waals surface area contributed by atoms with E-state index in [2.05, 4.69) is 5.10 Å². The van der Waals surface area contributed by atoms with E-state index in [1.165, 1.54) is 28.2 Å². The van der Waals surface area contributed by atoms with Crippen molar-refractivity contribution in [2.45, 2.75) is 6.92 Å². The van der Waals surface area contributed by atoms with Crippen molar-refractivity contribution in [1.29, 1.82) is 0 Å². The third kappa shape index (κ3) is 3.09. The zero-order valence-corrected chi connectivity index (χ0v) is 16.8. The molecule has 0 saturated carbocycles. The van der Waals surface area contributed by atoms with Crippen molar-refractivity contribution >= 4 is 56.6 Å². The minimum atomic E-state index is -1.00. The summed E-state index contributed by atoms with van der Waals surface area (Å²) in [6.45, 7) is 1.95. The summed E-state index contributed by atoms with van der Waals surface area (Å²) in [6, 6.07) is 13.2. The van der Waals surface area contributed by atoms with Gasteiger partial charge < -0.3 is 5.11 Å². The molecule has 28 heavy (non-hydrogen) atoms. The third-order valence-electron chi connectivity index (χ3n) is 4.26. The van der Waals surface area contributed by atoms with Crippen LogP contribution in [0.2, 0.25) is 10.0 Å². The summed E-state index contributed by atoms with van der Waals surface area (Å²) in [7, 11) is 0. The fraction of sp³-hybridized carbons (Fsp3) is 0.0500. The Morgan fingerprint density at radius 3 is 2.50 bits per heavy atom. The van der Waals surface area contributed by atoms with Gasteiger partial charge in [-0.05, 0) is 37.3 Å². The maximum absolute atomic E-state index is 13.1. The molecule has 0 fully saturated rings. The number of hydrogen-bond donors (Lipinski definition) is 1. The first-order chi connectivity index (χ1) is 13.4. The highest BCUT2D eigenvalue weighted by molar-refractivity contribution is 7.19. The summed E-state index contributed by atoms with van der Waals surface area (Å²) in [4.78, 5) is 25.2. The highest BCUT2D eigenvalue weighted by atomic mass is 35.5. The molecule has 4 aromatic rings. The van der Waals surface area contributed by atoms with Crippen molar-refractivity contribution < 1.29 is 14.7 Å². The molecular formula is C20H12Cl2N2O3S. The van der Waals surface area contributed by atoms with E-state index >= 15 is 0 Å². The van der Waals surface area contributed by atoms with Gasteiger partial charge in [-0.3, -0.25) is 4.79 Å². The fourth-order valence-corrected chi connectivity index (χ4v) is 4.30. The molecule has 0 unspecified atom stereocenters. The number of rotatable bonds is 3. The molecule has 0 aliphatic heterocycles. The van der Waals surface area contributed by atoms with Crippen LogP contribution in [0.4, 0.5) is 0 Å². The molecule has 0 amide bonds. The molecule has 0 spiro atoms. The van der Waals surface area contributed by atoms with Gasteiger partial charge in [0.2, 0.25) is 0 Å². The maximum Gasteiger partial charge on any atom is 0.335 e. The van der Waals surface area contributed by atoms with Crippen LogP contribution in [0.3, 0.4) is 0 Å². The summed E-state index contributed by atoms with van der Waals surface area (Å²) in [5.74, 6) is -1.39. The second-order valence-electron chi connectivity index (χ2n) is 6.12. The number of hydrogen-bond acceptors (Lipinski definition) is 4. The first kappa shape index (κ1) is 18.7. The fourth-order valence-electron chi connectivity index (χ4n) is 2.92. The molecule has 2 aromatic heterocycles. The SMILES string of the molecule is Cc1cc2c(s1)c(-c1ccc(C(=O)O)cc1)nn2C(=O)c1cccc(Cl)c1Cl. The topological polar surface area (TPSA) is 72.2 Å². The molecular weight excluding hydrogens is 419 g/mol. The van der Waals surface area contributed by atoms with E-state index in [-0.39, 0.29) is 22.1 Å². The second kappa shape index (κ2) is 7.05. The van der Waals surface area contributed by atoms with E-state index in [0.29, 0.717) is 16.2 Å². The summed E-state index contributed by atoms with van der Waals surface area (Å²) >= 11 is 13.8. The Morgan fingerprint density at radius 2 is 1.82 bits per heavy atom. The van der Waals surface area contributed by atoms with Crippen LogP contribution in [0.1, 0.15) is 25.6 Å². The standard InChI is InChI=1S/C20H12Cl2N2O3S/c1-10-9-15-18(28-10)17(11-5-7-12(8-6-11)20(26)27)23-24(15)19(25)13-3-2-4-14(21)16(13)22/h2-9H,1H3,(H,26,27). The molecule has 0 saturated heterocycles. The zero-order chi connectivity index (χ0) is 20.0. The van der Waals surface area contributed by atoms with Crippen LogP contribution in [0.15, 0.2) is 48.5 Å². The van der Waals surface area contributed by atoms with Gasteiger partial charge in [0, 0.05) is 10.4 Å². The number of carbonyl (C=O) groups excluding carboxylic acids is 1. The van der Waals surface area contributed by atoms with E-state index in [1.807, 2.05) is 13.0 Å². The van der Waals surface area contributed by atoms with Crippen LogP contribution in [-0.4, -0.2) is 26.8 Å². The number of fused-ring (bicyclic) bond motifs is 1. The molecule has 0 aliphatic carbocycles. The summed E-state index contributed by atoms with van der Waals surface area (Å²) in [5.41, 5.74) is 2.44. The number of aromatic nitrogens is 2. The normalized spacial score (nSPS) is 11.1. The molecule has 0 radical (unpaired) electrons. The van der Waals surface area contributed by atoms with Gasteiger partial charge in [-0.25, -0.2) is 4.79 Å². The van der Waals surface area contributed by atoms with E-state index in [0.717, 1.165) is 15.1 Å². The Hall–Kier alpha value is -2.67. The van der Waals surface area contributed by atoms with Crippen LogP contribution >= 0.6 is 34.5 Å². The zero-order valence-electron chi connectivity index (χ0n) is 14.4. The molecule has 2 aromatic carbocycles. The van der Waals surface area contributed by atoms with E-state index in [1.54, 1.807) is 30.3 Å². The molecule has 140 valence electrons. The number of aryl methyl sites for hydroxylation is 1. The molecule has 8 heteroatoms. The van der Waals surface area contributed by atoms with Crippen molar-refractivity contribution in [2.75, 3.05) is 0 Å². The first-order valence-electron chi connectivity index (χ1n) is 8.18. The number of halogens is 2. The predicted octanol–water partition coefficient (Wildman–Crippen LogP) is 5.77. The molecule has 5 nitrogen and oxygen atoms in total. The lowest BCUT2D eigenvalue weighted by Gasteiger charge is -2.05. The van der Waals surface area contributed by atoms with Gasteiger partial charge in [-0.2, -0.15) is 9.78 Å². The quantitative estimate of drug-likeness (QED) is 0.447. The van der Waals surface area contributed by atoms with Crippen LogP contribution in [0.25, 0.3) is 21.5 Å². The Balaban J connectivity index is 1.88. The van der Waals surface area contributed by atoms with Crippen LogP contribution in [0.5, 0.6) is 0 Å². The number of carboxylic acid groups (broad SMARTS) is 1. The van der Waals surface area contributed by atoms with Gasteiger partial charge in [0.05, 0.1) is 31.4 Å². The summed E-state index contributed by atoms with van der Waals surface area (Å²) < 4.78 is 2.16. The van der Waals surface area contributed by atoms with Crippen molar-refractivity contribution in [1.82, 2.24) is 9.78 Å². The number of benzene rings is 2. The monoisotopic (exact) mass is 430 g/mol. The van der Waals surface area contributed by atoms with E-state index in [4.69, 9.17) is 28.3 Å². The van der Waals surface area contributed by atoms with Crippen LogP contribution < -0.4 is 0 Å². The van der Waals surface area contributed by atoms with Crippen LogP contribution in [0, 0.1) is 6.92 Å². The van der Waals surface area contributed by atoms with Crippen molar-refractivity contribution in [3.8, 4) is 11.3 Å². The van der Waals surface area contributed by atoms with Gasteiger partial charge in [-0.1, -0.05) is 41.4 Å². The number of carbonyl (C=O) groups is 2. The summed E-state index contributed by atoms with van der Waals surface area (Å²) in [6.07, 6.45) is 0. The maximum atomic E-state index is 13.1. The number of nitrogens with zero attached hydrogens (tertiary/aromatic N) is 2. The molecule has 0 aliphatic rings. The lowest BCUT2D eigenvalue weighted by Crippen LogP contribution is -2.14. The van der Waals surface area contributed by atoms with Gasteiger partial charge >= 0.3 is 5.97 Å². The highest BCUT2D eigenvalue weighted by Crippen LogP contribution is 2.35. The largest absolute Gasteiger partial charge is 0.478 e. The Labute approximate surface area is 173 Å². The first-order valence-corrected chi connectivity index (χ1v) is 9.75. The van der Waals surface area contributed by atoms with Crippen LogP contribution in [-0.2, 0) is 0 Å². The molecule has 4 rings (SSSR count). The number of aromatic carboxylic acids is 1. The van der Waals surface area contributed by atoms with E-state index in [9.17, 15) is 9.59 Å². The smallest absolute Gasteiger partial charge is 0.335 e. The Kier molecular flexibility index (Phi) is 4.71. The predicted molar refractivity (Wildman–Crippen MR) is 111 cm³/mol. The third-order valence-corrected chi connectivity index (χ3v) is 6.12. The minimum Gasteiger partial charge on any atom is -0.478 e. The van der Waals surface area contributed by atoms with Gasteiger partial charge in [0.25, 0.3) is 5.91 Å². The van der Waals surface area contributed by atoms with Gasteiger partial charge in [0.15, 0.2) is 0 Å².